The summed E-state index contributed by atoms with van der Waals surface area (Å²) in [5.41, 5.74) is 15.0. The molecule has 162 valence electrons. The Balaban J connectivity index is 1.43. The van der Waals surface area contributed by atoms with Crippen molar-refractivity contribution in [3.8, 4) is 22.3 Å². The van der Waals surface area contributed by atoms with E-state index >= 15 is 0 Å². The summed E-state index contributed by atoms with van der Waals surface area (Å²) in [6.07, 6.45) is 7.64. The maximum absolute atomic E-state index is 4.98. The molecule has 0 saturated heterocycles. The average Bonchev–Trinajstić information content (AvgIpc) is 3.58. The molecule has 35 heavy (non-hydrogen) atoms. The molecule has 0 N–H and O–H groups in total. The van der Waals surface area contributed by atoms with Crippen LogP contribution in [-0.4, -0.2) is 19.4 Å². The van der Waals surface area contributed by atoms with Gasteiger partial charge in [0.1, 0.15) is 5.65 Å². The van der Waals surface area contributed by atoms with Crippen molar-refractivity contribution in [2.45, 2.75) is 12.8 Å². The molecule has 0 unspecified atom stereocenters. The fourth-order valence-corrected chi connectivity index (χ4v) is 6.49. The van der Waals surface area contributed by atoms with Gasteiger partial charge in [-0.15, -0.1) is 0 Å². The van der Waals surface area contributed by atoms with Crippen LogP contribution in [0.1, 0.15) is 22.3 Å². The van der Waals surface area contributed by atoms with Gasteiger partial charge in [0.25, 0.3) is 0 Å². The highest BCUT2D eigenvalue weighted by Gasteiger charge is 2.28. The molecule has 0 atom stereocenters. The number of nitrogens with zero attached hydrogens (tertiary/aromatic N) is 4. The van der Waals surface area contributed by atoms with E-state index in [1.54, 1.807) is 0 Å². The Morgan fingerprint density at radius 2 is 1.54 bits per heavy atom. The Hall–Kier alpha value is -4.57. The lowest BCUT2D eigenvalue weighted by atomic mass is 9.93. The van der Waals surface area contributed by atoms with Crippen LogP contribution in [0.2, 0.25) is 0 Å². The normalized spacial score (nSPS) is 13.5. The van der Waals surface area contributed by atoms with E-state index in [1.807, 2.05) is 24.7 Å². The maximum atomic E-state index is 4.98. The molecule has 0 saturated carbocycles. The van der Waals surface area contributed by atoms with E-state index in [-0.39, 0.29) is 0 Å². The van der Waals surface area contributed by atoms with Gasteiger partial charge in [0.15, 0.2) is 5.65 Å². The lowest BCUT2D eigenvalue weighted by molar-refractivity contribution is 1.24. The van der Waals surface area contributed by atoms with Gasteiger partial charge in [-0.05, 0) is 87.7 Å². The SMILES string of the molecule is c1ccc2c(c1)Cc1cc3c(cc1-2)Cc1ccc2c(c1-3)c1ccncc1n1c3cccnc3nc21. The van der Waals surface area contributed by atoms with Crippen molar-refractivity contribution in [3.05, 3.63) is 108 Å². The zero-order valence-electron chi connectivity index (χ0n) is 18.8. The fourth-order valence-electron chi connectivity index (χ4n) is 6.49. The molecule has 2 aliphatic rings. The summed E-state index contributed by atoms with van der Waals surface area (Å²) >= 11 is 0. The largest absolute Gasteiger partial charge is 0.288 e. The predicted molar refractivity (Wildman–Crippen MR) is 140 cm³/mol. The fraction of sp³-hybridized carbons (Fsp3) is 0.0645. The molecule has 4 aromatic heterocycles. The van der Waals surface area contributed by atoms with Crippen molar-refractivity contribution in [1.82, 2.24) is 19.4 Å². The second kappa shape index (κ2) is 6.10. The van der Waals surface area contributed by atoms with E-state index in [9.17, 15) is 0 Å². The molecule has 4 heteroatoms. The first-order chi connectivity index (χ1) is 17.3. The van der Waals surface area contributed by atoms with Gasteiger partial charge in [-0.25, -0.2) is 9.97 Å². The van der Waals surface area contributed by atoms with Crippen molar-refractivity contribution < 1.29 is 0 Å². The van der Waals surface area contributed by atoms with Crippen LogP contribution in [0.5, 0.6) is 0 Å². The Morgan fingerprint density at radius 3 is 2.54 bits per heavy atom. The molecule has 4 nitrogen and oxygen atoms in total. The summed E-state index contributed by atoms with van der Waals surface area (Å²) in [7, 11) is 0. The third-order valence-corrected chi connectivity index (χ3v) is 7.94. The Morgan fingerprint density at radius 1 is 0.657 bits per heavy atom. The third-order valence-electron chi connectivity index (χ3n) is 7.94. The molecule has 0 radical (unpaired) electrons. The smallest absolute Gasteiger partial charge is 0.178 e. The highest BCUT2D eigenvalue weighted by atomic mass is 15.1. The van der Waals surface area contributed by atoms with E-state index in [0.29, 0.717) is 0 Å². The average molecular weight is 447 g/mol. The lowest BCUT2D eigenvalue weighted by Crippen LogP contribution is -1.94. The maximum Gasteiger partial charge on any atom is 0.178 e. The number of rotatable bonds is 0. The molecule has 0 bridgehead atoms. The molecule has 9 rings (SSSR count). The van der Waals surface area contributed by atoms with Gasteiger partial charge in [0.2, 0.25) is 0 Å². The zero-order chi connectivity index (χ0) is 22.7. The summed E-state index contributed by atoms with van der Waals surface area (Å²) in [5.74, 6) is 0. The molecular formula is C31H18N4. The second-order valence-corrected chi connectivity index (χ2v) is 9.71. The molecule has 0 aliphatic heterocycles. The molecule has 0 spiro atoms. The molecule has 3 aromatic carbocycles. The number of fused-ring (bicyclic) bond motifs is 15. The first-order valence-electron chi connectivity index (χ1n) is 12.0. The van der Waals surface area contributed by atoms with Crippen molar-refractivity contribution in [3.63, 3.8) is 0 Å². The van der Waals surface area contributed by atoms with Crippen molar-refractivity contribution >= 4 is 38.5 Å². The molecule has 0 fully saturated rings. The van der Waals surface area contributed by atoms with Crippen LogP contribution in [0, 0.1) is 0 Å². The summed E-state index contributed by atoms with van der Waals surface area (Å²) in [6, 6.07) is 24.5. The molecular weight excluding hydrogens is 428 g/mol. The molecule has 7 aromatic rings. The number of aromatic nitrogens is 4. The molecule has 2 aliphatic carbocycles. The quantitative estimate of drug-likeness (QED) is 0.243. The number of pyridine rings is 3. The first-order valence-corrected chi connectivity index (χ1v) is 12.0. The Kier molecular flexibility index (Phi) is 3.11. The Bertz CT molecular complexity index is 2070. The van der Waals surface area contributed by atoms with Crippen LogP contribution >= 0.6 is 0 Å². The minimum absolute atomic E-state index is 0.765. The highest BCUT2D eigenvalue weighted by molar-refractivity contribution is 6.20. The number of imidazole rings is 1. The standard InChI is InChI=1S/C31H18N4/c1-2-5-21-17(4-1)12-19-15-25-20(14-24(19)21)13-18-7-8-23-29(28(18)25)22-9-11-32-16-27(22)35-26-6-3-10-33-30(26)34-31(23)35/h1-11,14-16H,12-13H2. The van der Waals surface area contributed by atoms with Gasteiger partial charge >= 0.3 is 0 Å². The van der Waals surface area contributed by atoms with Crippen LogP contribution in [0.15, 0.2) is 85.3 Å². The summed E-state index contributed by atoms with van der Waals surface area (Å²) < 4.78 is 2.22. The van der Waals surface area contributed by atoms with Gasteiger partial charge in [-0.1, -0.05) is 36.4 Å². The first kappa shape index (κ1) is 17.8. The van der Waals surface area contributed by atoms with Crippen LogP contribution in [0.3, 0.4) is 0 Å². The number of benzene rings is 3. The van der Waals surface area contributed by atoms with E-state index < -0.39 is 0 Å². The second-order valence-electron chi connectivity index (χ2n) is 9.71. The molecule has 0 amide bonds. The van der Waals surface area contributed by atoms with E-state index in [2.05, 4.69) is 75.0 Å². The molecule has 4 heterocycles. The predicted octanol–water partition coefficient (Wildman–Crippen LogP) is 6.73. The number of hydrogen-bond donors (Lipinski definition) is 0. The van der Waals surface area contributed by atoms with Crippen LogP contribution in [-0.2, 0) is 12.8 Å². The van der Waals surface area contributed by atoms with E-state index in [4.69, 9.17) is 4.98 Å². The van der Waals surface area contributed by atoms with Gasteiger partial charge in [-0.2, -0.15) is 0 Å². The van der Waals surface area contributed by atoms with Gasteiger partial charge in [0, 0.05) is 28.6 Å². The third kappa shape index (κ3) is 2.15. The monoisotopic (exact) mass is 446 g/mol. The number of hydrogen-bond acceptors (Lipinski definition) is 3. The van der Waals surface area contributed by atoms with E-state index in [1.165, 1.54) is 55.3 Å². The summed E-state index contributed by atoms with van der Waals surface area (Å²) in [5, 5.41) is 3.65. The lowest BCUT2D eigenvalue weighted by Gasteiger charge is -2.13. The topological polar surface area (TPSA) is 43.1 Å². The minimum atomic E-state index is 0.765. The van der Waals surface area contributed by atoms with Crippen LogP contribution in [0.4, 0.5) is 0 Å². The van der Waals surface area contributed by atoms with Crippen LogP contribution in [0.25, 0.3) is 60.7 Å². The van der Waals surface area contributed by atoms with Gasteiger partial charge in [0.05, 0.1) is 17.2 Å². The summed E-state index contributed by atoms with van der Waals surface area (Å²) in [4.78, 5) is 14.0. The van der Waals surface area contributed by atoms with Gasteiger partial charge < -0.3 is 0 Å². The summed E-state index contributed by atoms with van der Waals surface area (Å²) in [6.45, 7) is 0. The van der Waals surface area contributed by atoms with Crippen LogP contribution < -0.4 is 0 Å². The minimum Gasteiger partial charge on any atom is -0.288 e. The van der Waals surface area contributed by atoms with Crippen molar-refractivity contribution in [2.75, 3.05) is 0 Å². The van der Waals surface area contributed by atoms with Crippen molar-refractivity contribution in [2.24, 2.45) is 0 Å². The highest BCUT2D eigenvalue weighted by Crippen LogP contribution is 2.48. The van der Waals surface area contributed by atoms with Gasteiger partial charge in [-0.3, -0.25) is 9.38 Å². The Labute approximate surface area is 200 Å². The van der Waals surface area contributed by atoms with Crippen molar-refractivity contribution in [1.29, 1.82) is 0 Å². The van der Waals surface area contributed by atoms with E-state index in [0.717, 1.165) is 40.6 Å². The zero-order valence-corrected chi connectivity index (χ0v) is 18.8.